The van der Waals surface area contributed by atoms with E-state index in [9.17, 15) is 9.18 Å². The van der Waals surface area contributed by atoms with Crippen molar-refractivity contribution >= 4 is 23.8 Å². The van der Waals surface area contributed by atoms with Crippen molar-refractivity contribution in [3.05, 3.63) is 41.2 Å². The number of hydrogen-bond acceptors (Lipinski definition) is 2. The van der Waals surface area contributed by atoms with Gasteiger partial charge in [0.05, 0.1) is 0 Å². The molecule has 0 aromatic heterocycles. The molecule has 1 aromatic carbocycles. The Kier molecular flexibility index (Phi) is 5.77. The predicted octanol–water partition coefficient (Wildman–Crippen LogP) is 3.57. The highest BCUT2D eigenvalue weighted by Crippen LogP contribution is 2.17. The second kappa shape index (κ2) is 7.12. The van der Waals surface area contributed by atoms with Crippen molar-refractivity contribution in [1.29, 1.82) is 0 Å². The second-order valence-corrected chi connectivity index (χ2v) is 4.72. The Bertz CT molecular complexity index is 416. The van der Waals surface area contributed by atoms with Crippen LogP contribution in [0.5, 0.6) is 0 Å². The molecule has 1 rings (SSSR count). The van der Waals surface area contributed by atoms with Crippen LogP contribution in [0, 0.1) is 5.82 Å². The van der Waals surface area contributed by atoms with E-state index in [1.54, 1.807) is 11.8 Å². The van der Waals surface area contributed by atoms with Gasteiger partial charge in [-0.15, -0.1) is 0 Å². The van der Waals surface area contributed by atoms with Crippen molar-refractivity contribution in [2.75, 3.05) is 5.75 Å². The first-order valence-corrected chi connectivity index (χ1v) is 6.55. The molecule has 0 heterocycles. The maximum absolute atomic E-state index is 13.3. The molecule has 0 amide bonds. The zero-order valence-corrected chi connectivity index (χ0v) is 10.5. The Hall–Kier alpha value is -1.29. The predicted molar refractivity (Wildman–Crippen MR) is 69.5 cm³/mol. The summed E-state index contributed by atoms with van der Waals surface area (Å²) < 4.78 is 13.3. The van der Waals surface area contributed by atoms with Gasteiger partial charge in [0.25, 0.3) is 0 Å². The van der Waals surface area contributed by atoms with Gasteiger partial charge in [-0.25, -0.2) is 9.18 Å². The van der Waals surface area contributed by atoms with Gasteiger partial charge in [0.15, 0.2) is 0 Å². The number of rotatable bonds is 6. The first-order chi connectivity index (χ1) is 8.11. The number of carbonyl (C=O) groups is 1. The average Bonchev–Trinajstić information content (AvgIpc) is 2.26. The number of carboxylic acid groups (broad SMARTS) is 1. The molecule has 0 atom stereocenters. The molecule has 2 nitrogen and oxygen atoms in total. The van der Waals surface area contributed by atoms with Gasteiger partial charge in [0.1, 0.15) is 5.82 Å². The van der Waals surface area contributed by atoms with Crippen molar-refractivity contribution < 1.29 is 14.3 Å². The van der Waals surface area contributed by atoms with Crippen LogP contribution in [0.3, 0.4) is 0 Å². The van der Waals surface area contributed by atoms with Gasteiger partial charge in [0, 0.05) is 11.8 Å². The van der Waals surface area contributed by atoms with Gasteiger partial charge < -0.3 is 5.11 Å². The molecule has 0 saturated heterocycles. The molecule has 0 aliphatic rings. The third-order valence-electron chi connectivity index (χ3n) is 2.02. The van der Waals surface area contributed by atoms with Crippen LogP contribution in [0.15, 0.2) is 24.3 Å². The molecule has 0 unspecified atom stereocenters. The lowest BCUT2D eigenvalue weighted by atomic mass is 10.1. The maximum Gasteiger partial charge on any atom is 0.328 e. The lowest BCUT2D eigenvalue weighted by Crippen LogP contribution is -1.89. The summed E-state index contributed by atoms with van der Waals surface area (Å²) in [6.07, 6.45) is 3.50. The molecule has 0 saturated carbocycles. The van der Waals surface area contributed by atoms with Gasteiger partial charge in [-0.2, -0.15) is 11.8 Å². The van der Waals surface area contributed by atoms with Gasteiger partial charge in [0.2, 0.25) is 0 Å². The van der Waals surface area contributed by atoms with Crippen LogP contribution in [0.4, 0.5) is 4.39 Å². The minimum atomic E-state index is -1.03. The first-order valence-electron chi connectivity index (χ1n) is 5.40. The highest BCUT2D eigenvalue weighted by atomic mass is 32.2. The fourth-order valence-electron chi connectivity index (χ4n) is 1.36. The zero-order chi connectivity index (χ0) is 12.7. The van der Waals surface area contributed by atoms with Crippen molar-refractivity contribution in [2.24, 2.45) is 0 Å². The fraction of sp³-hybridized carbons (Fsp3) is 0.308. The summed E-state index contributed by atoms with van der Waals surface area (Å²) >= 11 is 1.74. The van der Waals surface area contributed by atoms with E-state index in [2.05, 4.69) is 6.92 Å². The summed E-state index contributed by atoms with van der Waals surface area (Å²) in [4.78, 5) is 10.4. The van der Waals surface area contributed by atoms with Crippen LogP contribution in [0.2, 0.25) is 0 Å². The molecular weight excluding hydrogens is 239 g/mol. The number of halogens is 1. The van der Waals surface area contributed by atoms with Crippen LogP contribution < -0.4 is 0 Å². The Morgan fingerprint density at radius 2 is 2.24 bits per heavy atom. The van der Waals surface area contributed by atoms with Gasteiger partial charge in [-0.1, -0.05) is 13.0 Å². The van der Waals surface area contributed by atoms with Gasteiger partial charge >= 0.3 is 5.97 Å². The number of carboxylic acids is 1. The van der Waals surface area contributed by atoms with Crippen molar-refractivity contribution in [1.82, 2.24) is 0 Å². The number of hydrogen-bond donors (Lipinski definition) is 1. The third-order valence-corrected chi connectivity index (χ3v) is 3.25. The van der Waals surface area contributed by atoms with E-state index in [0.717, 1.165) is 29.6 Å². The largest absolute Gasteiger partial charge is 0.478 e. The molecule has 0 aliphatic heterocycles. The highest BCUT2D eigenvalue weighted by molar-refractivity contribution is 7.98. The van der Waals surface area contributed by atoms with Gasteiger partial charge in [-0.3, -0.25) is 0 Å². The van der Waals surface area contributed by atoms with Crippen molar-refractivity contribution in [2.45, 2.75) is 19.1 Å². The third kappa shape index (κ3) is 5.54. The van der Waals surface area contributed by atoms with E-state index in [1.165, 1.54) is 18.2 Å². The quantitative estimate of drug-likeness (QED) is 0.623. The minimum absolute atomic E-state index is 0.329. The standard InChI is InChI=1S/C13H15FO2S/c1-2-5-17-9-11-6-10(3-4-13(15)16)7-12(14)8-11/h3-4,6-8H,2,5,9H2,1H3,(H,15,16). The van der Waals surface area contributed by atoms with E-state index in [0.29, 0.717) is 5.56 Å². The molecular formula is C13H15FO2S. The maximum atomic E-state index is 13.3. The van der Waals surface area contributed by atoms with Crippen LogP contribution >= 0.6 is 11.8 Å². The Morgan fingerprint density at radius 1 is 1.47 bits per heavy atom. The van der Waals surface area contributed by atoms with Crippen LogP contribution in [0.25, 0.3) is 6.08 Å². The zero-order valence-electron chi connectivity index (χ0n) is 9.65. The van der Waals surface area contributed by atoms with Crippen LogP contribution in [0.1, 0.15) is 24.5 Å². The Morgan fingerprint density at radius 3 is 2.88 bits per heavy atom. The number of thioether (sulfide) groups is 1. The molecule has 0 fully saturated rings. The summed E-state index contributed by atoms with van der Waals surface area (Å²) in [5.41, 5.74) is 1.47. The van der Waals surface area contributed by atoms with Crippen LogP contribution in [-0.2, 0) is 10.5 Å². The molecule has 1 aromatic rings. The summed E-state index contributed by atoms with van der Waals surface area (Å²) in [5, 5.41) is 8.50. The average molecular weight is 254 g/mol. The Balaban J connectivity index is 2.75. The number of aliphatic carboxylic acids is 1. The summed E-state index contributed by atoms with van der Waals surface area (Å²) in [7, 11) is 0. The summed E-state index contributed by atoms with van der Waals surface area (Å²) in [6, 6.07) is 4.62. The molecule has 0 radical (unpaired) electrons. The van der Waals surface area contributed by atoms with E-state index >= 15 is 0 Å². The second-order valence-electron chi connectivity index (χ2n) is 3.62. The SMILES string of the molecule is CCCSCc1cc(F)cc(C=CC(=O)O)c1. The van der Waals surface area contributed by atoms with Crippen molar-refractivity contribution in [3.8, 4) is 0 Å². The first kappa shape index (κ1) is 13.8. The van der Waals surface area contributed by atoms with E-state index < -0.39 is 5.97 Å². The Labute approximate surface area is 105 Å². The lowest BCUT2D eigenvalue weighted by molar-refractivity contribution is -0.131. The lowest BCUT2D eigenvalue weighted by Gasteiger charge is -2.03. The molecule has 92 valence electrons. The molecule has 0 spiro atoms. The van der Waals surface area contributed by atoms with E-state index in [1.807, 2.05) is 6.07 Å². The molecule has 0 bridgehead atoms. The highest BCUT2D eigenvalue weighted by Gasteiger charge is 2.00. The topological polar surface area (TPSA) is 37.3 Å². The van der Waals surface area contributed by atoms with Crippen LogP contribution in [-0.4, -0.2) is 16.8 Å². The molecule has 0 aliphatic carbocycles. The molecule has 1 N–H and O–H groups in total. The molecule has 17 heavy (non-hydrogen) atoms. The van der Waals surface area contributed by atoms with E-state index in [4.69, 9.17) is 5.11 Å². The summed E-state index contributed by atoms with van der Waals surface area (Å²) in [6.45, 7) is 2.10. The fourth-order valence-corrected chi connectivity index (χ4v) is 2.19. The number of benzene rings is 1. The summed E-state index contributed by atoms with van der Waals surface area (Å²) in [5.74, 6) is 0.428. The minimum Gasteiger partial charge on any atom is -0.478 e. The normalized spacial score (nSPS) is 10.9. The smallest absolute Gasteiger partial charge is 0.328 e. The monoisotopic (exact) mass is 254 g/mol. The molecule has 4 heteroatoms. The van der Waals surface area contributed by atoms with Gasteiger partial charge in [-0.05, 0) is 41.5 Å². The van der Waals surface area contributed by atoms with E-state index in [-0.39, 0.29) is 5.82 Å². The van der Waals surface area contributed by atoms with Crippen molar-refractivity contribution in [3.63, 3.8) is 0 Å².